The van der Waals surface area contributed by atoms with Gasteiger partial charge >= 0.3 is 0 Å². The SMILES string of the molecule is CC1CCCCN1S(=O)(=O)c1ccc(C(=O)NCc2nnc3n2CCCCC3)cc1. The van der Waals surface area contributed by atoms with E-state index < -0.39 is 10.0 Å². The van der Waals surface area contributed by atoms with Gasteiger partial charge in [0, 0.05) is 31.1 Å². The number of hydrogen-bond acceptors (Lipinski definition) is 5. The normalized spacial score (nSPS) is 20.4. The summed E-state index contributed by atoms with van der Waals surface area (Å²) in [4.78, 5) is 12.8. The molecule has 1 aromatic carbocycles. The smallest absolute Gasteiger partial charge is 0.251 e. The van der Waals surface area contributed by atoms with Crippen LogP contribution in [0.15, 0.2) is 29.2 Å². The third-order valence-electron chi connectivity index (χ3n) is 6.06. The molecule has 0 bridgehead atoms. The molecule has 1 fully saturated rings. The molecule has 30 heavy (non-hydrogen) atoms. The van der Waals surface area contributed by atoms with Gasteiger partial charge in [-0.3, -0.25) is 4.79 Å². The number of hydrogen-bond donors (Lipinski definition) is 1. The topological polar surface area (TPSA) is 97.2 Å². The number of nitrogens with one attached hydrogen (secondary N) is 1. The molecule has 162 valence electrons. The highest BCUT2D eigenvalue weighted by Gasteiger charge is 2.30. The molecular weight excluding hydrogens is 402 g/mol. The highest BCUT2D eigenvalue weighted by atomic mass is 32.2. The van der Waals surface area contributed by atoms with Crippen LogP contribution in [-0.4, -0.2) is 46.0 Å². The van der Waals surface area contributed by atoms with Crippen molar-refractivity contribution >= 4 is 15.9 Å². The van der Waals surface area contributed by atoms with E-state index in [1.807, 2.05) is 6.92 Å². The molecule has 1 amide bonds. The maximum Gasteiger partial charge on any atom is 0.251 e. The van der Waals surface area contributed by atoms with Crippen molar-refractivity contribution < 1.29 is 13.2 Å². The fourth-order valence-electron chi connectivity index (χ4n) is 4.28. The summed E-state index contributed by atoms with van der Waals surface area (Å²) in [7, 11) is -3.54. The van der Waals surface area contributed by atoms with Gasteiger partial charge in [0.2, 0.25) is 10.0 Å². The highest BCUT2D eigenvalue weighted by molar-refractivity contribution is 7.89. The lowest BCUT2D eigenvalue weighted by atomic mass is 10.1. The predicted molar refractivity (Wildman–Crippen MR) is 112 cm³/mol. The minimum atomic E-state index is -3.54. The zero-order valence-electron chi connectivity index (χ0n) is 17.4. The maximum atomic E-state index is 12.9. The van der Waals surface area contributed by atoms with Gasteiger partial charge in [-0.05, 0) is 56.9 Å². The number of nitrogens with zero attached hydrogens (tertiary/aromatic N) is 4. The van der Waals surface area contributed by atoms with Crippen LogP contribution in [0.2, 0.25) is 0 Å². The van der Waals surface area contributed by atoms with E-state index in [0.29, 0.717) is 18.7 Å². The Hall–Kier alpha value is -2.26. The van der Waals surface area contributed by atoms with E-state index in [1.54, 1.807) is 16.4 Å². The zero-order valence-corrected chi connectivity index (χ0v) is 18.2. The van der Waals surface area contributed by atoms with E-state index in [-0.39, 0.29) is 16.8 Å². The van der Waals surface area contributed by atoms with Crippen molar-refractivity contribution in [2.24, 2.45) is 0 Å². The van der Waals surface area contributed by atoms with Crippen molar-refractivity contribution in [3.63, 3.8) is 0 Å². The first-order valence-electron chi connectivity index (χ1n) is 10.8. The fraction of sp³-hybridized carbons (Fsp3) is 0.571. The summed E-state index contributed by atoms with van der Waals surface area (Å²) in [6, 6.07) is 6.19. The lowest BCUT2D eigenvalue weighted by molar-refractivity contribution is 0.0949. The number of rotatable bonds is 5. The average molecular weight is 432 g/mol. The van der Waals surface area contributed by atoms with Gasteiger partial charge in [0.1, 0.15) is 5.82 Å². The lowest BCUT2D eigenvalue weighted by Gasteiger charge is -2.32. The van der Waals surface area contributed by atoms with Crippen molar-refractivity contribution in [2.45, 2.75) is 75.9 Å². The Kier molecular flexibility index (Phi) is 6.19. The summed E-state index contributed by atoms with van der Waals surface area (Å²) < 4.78 is 29.5. The molecule has 2 aliphatic rings. The Morgan fingerprint density at radius 2 is 1.83 bits per heavy atom. The maximum absolute atomic E-state index is 12.9. The van der Waals surface area contributed by atoms with Gasteiger partial charge < -0.3 is 9.88 Å². The molecule has 1 unspecified atom stereocenters. The monoisotopic (exact) mass is 431 g/mol. The Bertz CT molecular complexity index is 1000. The van der Waals surface area contributed by atoms with E-state index in [0.717, 1.165) is 56.7 Å². The number of carbonyl (C=O) groups excluding carboxylic acids is 1. The van der Waals surface area contributed by atoms with Gasteiger partial charge in [0.05, 0.1) is 11.4 Å². The Morgan fingerprint density at radius 3 is 2.60 bits per heavy atom. The molecule has 3 heterocycles. The molecule has 2 aliphatic heterocycles. The largest absolute Gasteiger partial charge is 0.345 e. The highest BCUT2D eigenvalue weighted by Crippen LogP contribution is 2.25. The van der Waals surface area contributed by atoms with Gasteiger partial charge in [-0.15, -0.1) is 10.2 Å². The Morgan fingerprint density at radius 1 is 1.07 bits per heavy atom. The van der Waals surface area contributed by atoms with Gasteiger partial charge in [-0.1, -0.05) is 12.8 Å². The third kappa shape index (κ3) is 4.27. The summed E-state index contributed by atoms with van der Waals surface area (Å²) in [6.45, 7) is 3.68. The number of carbonyl (C=O) groups is 1. The summed E-state index contributed by atoms with van der Waals surface area (Å²) in [6.07, 6.45) is 7.14. The fourth-order valence-corrected chi connectivity index (χ4v) is 5.98. The predicted octanol–water partition coefficient (Wildman–Crippen LogP) is 2.50. The van der Waals surface area contributed by atoms with Crippen LogP contribution in [0.4, 0.5) is 0 Å². The molecule has 4 rings (SSSR count). The summed E-state index contributed by atoms with van der Waals surface area (Å²) in [5.41, 5.74) is 0.427. The number of aryl methyl sites for hydroxylation is 1. The van der Waals surface area contributed by atoms with E-state index in [2.05, 4.69) is 20.1 Å². The van der Waals surface area contributed by atoms with Crippen molar-refractivity contribution in [1.82, 2.24) is 24.4 Å². The molecule has 1 aromatic heterocycles. The van der Waals surface area contributed by atoms with Crippen LogP contribution in [0.3, 0.4) is 0 Å². The lowest BCUT2D eigenvalue weighted by Crippen LogP contribution is -2.41. The summed E-state index contributed by atoms with van der Waals surface area (Å²) in [5, 5.41) is 11.3. The van der Waals surface area contributed by atoms with E-state index in [4.69, 9.17) is 0 Å². The number of piperidine rings is 1. The van der Waals surface area contributed by atoms with Gasteiger partial charge in [0.25, 0.3) is 5.91 Å². The number of fused-ring (bicyclic) bond motifs is 1. The standard InChI is InChI=1S/C21H29N5O3S/c1-16-7-4-6-14-26(16)30(28,29)18-11-9-17(10-12-18)21(27)22-15-20-24-23-19-8-3-2-5-13-25(19)20/h9-12,16H,2-8,13-15H2,1H3,(H,22,27). The van der Waals surface area contributed by atoms with Crippen LogP contribution >= 0.6 is 0 Å². The number of aromatic nitrogens is 3. The van der Waals surface area contributed by atoms with Crippen LogP contribution in [0.5, 0.6) is 0 Å². The number of sulfonamides is 1. The van der Waals surface area contributed by atoms with Crippen LogP contribution < -0.4 is 5.32 Å². The van der Waals surface area contributed by atoms with Crippen LogP contribution in [0.25, 0.3) is 0 Å². The second kappa shape index (κ2) is 8.85. The van der Waals surface area contributed by atoms with Crippen molar-refractivity contribution in [3.05, 3.63) is 41.5 Å². The molecule has 1 atom stereocenters. The first-order chi connectivity index (χ1) is 14.5. The molecule has 1 saturated heterocycles. The molecule has 8 nitrogen and oxygen atoms in total. The van der Waals surface area contributed by atoms with E-state index in [9.17, 15) is 13.2 Å². The first kappa shape index (κ1) is 21.0. The van der Waals surface area contributed by atoms with Gasteiger partial charge in [-0.2, -0.15) is 4.31 Å². The molecule has 2 aromatic rings. The summed E-state index contributed by atoms with van der Waals surface area (Å²) in [5.74, 6) is 1.49. The Labute approximate surface area is 177 Å². The first-order valence-corrected chi connectivity index (χ1v) is 12.2. The third-order valence-corrected chi connectivity index (χ3v) is 8.09. The van der Waals surface area contributed by atoms with E-state index in [1.165, 1.54) is 18.6 Å². The molecule has 9 heteroatoms. The van der Waals surface area contributed by atoms with Crippen LogP contribution in [0.1, 0.15) is 67.5 Å². The molecule has 0 spiro atoms. The minimum absolute atomic E-state index is 0.00464. The number of benzene rings is 1. The number of amides is 1. The van der Waals surface area contributed by atoms with Crippen molar-refractivity contribution in [2.75, 3.05) is 6.54 Å². The second-order valence-corrected chi connectivity index (χ2v) is 10.1. The van der Waals surface area contributed by atoms with Crippen LogP contribution in [0, 0.1) is 0 Å². The average Bonchev–Trinajstić information content (AvgIpc) is 2.98. The molecule has 0 saturated carbocycles. The molecule has 0 radical (unpaired) electrons. The molecule has 0 aliphatic carbocycles. The van der Waals surface area contributed by atoms with Crippen molar-refractivity contribution in [1.29, 1.82) is 0 Å². The quantitative estimate of drug-likeness (QED) is 0.784. The minimum Gasteiger partial charge on any atom is -0.345 e. The summed E-state index contributed by atoms with van der Waals surface area (Å²) >= 11 is 0. The van der Waals surface area contributed by atoms with E-state index >= 15 is 0 Å². The van der Waals surface area contributed by atoms with Crippen LogP contribution in [-0.2, 0) is 29.5 Å². The van der Waals surface area contributed by atoms with Crippen molar-refractivity contribution in [3.8, 4) is 0 Å². The van der Waals surface area contributed by atoms with Gasteiger partial charge in [-0.25, -0.2) is 8.42 Å². The second-order valence-electron chi connectivity index (χ2n) is 8.16. The van der Waals surface area contributed by atoms with Gasteiger partial charge in [0.15, 0.2) is 5.82 Å². The molecular formula is C21H29N5O3S. The molecule has 1 N–H and O–H groups in total. The zero-order chi connectivity index (χ0) is 21.1. The Balaban J connectivity index is 1.42.